The molecule has 0 radical (unpaired) electrons. The third-order valence-electron chi connectivity index (χ3n) is 2.88. The van der Waals surface area contributed by atoms with E-state index in [-0.39, 0.29) is 0 Å². The average molecular weight is 409 g/mol. The third kappa shape index (κ3) is 4.37. The zero-order valence-corrected chi connectivity index (χ0v) is 15.8. The van der Waals surface area contributed by atoms with Gasteiger partial charge < -0.3 is 5.32 Å². The lowest BCUT2D eigenvalue weighted by Gasteiger charge is -2.05. The standard InChI is InChI=1S/C13H17BrN2O2S3/c1-3-15-7-10-6-13(9(2)20-10)21(17,18)16-8-12-11(14)4-5-19-12/h4-6,15-16H,3,7-8H2,1-2H3. The van der Waals surface area contributed by atoms with E-state index in [4.69, 9.17) is 0 Å². The van der Waals surface area contributed by atoms with Crippen LogP contribution in [-0.2, 0) is 23.1 Å². The molecule has 0 amide bonds. The van der Waals surface area contributed by atoms with E-state index in [0.717, 1.165) is 25.6 Å². The molecule has 2 aromatic heterocycles. The highest BCUT2D eigenvalue weighted by Gasteiger charge is 2.20. The molecule has 4 nitrogen and oxygen atoms in total. The first-order valence-electron chi connectivity index (χ1n) is 6.45. The van der Waals surface area contributed by atoms with E-state index in [1.807, 2.05) is 25.3 Å². The first-order chi connectivity index (χ1) is 9.94. The lowest BCUT2D eigenvalue weighted by molar-refractivity contribution is 0.581. The smallest absolute Gasteiger partial charge is 0.242 e. The molecule has 0 fully saturated rings. The Kier molecular flexibility index (Phi) is 5.98. The summed E-state index contributed by atoms with van der Waals surface area (Å²) in [5, 5.41) is 5.14. The quantitative estimate of drug-likeness (QED) is 0.736. The van der Waals surface area contributed by atoms with Crippen LogP contribution in [0.2, 0.25) is 0 Å². The number of sulfonamides is 1. The lowest BCUT2D eigenvalue weighted by Crippen LogP contribution is -2.23. The summed E-state index contributed by atoms with van der Waals surface area (Å²) in [5.74, 6) is 0. The van der Waals surface area contributed by atoms with E-state index in [0.29, 0.717) is 18.0 Å². The predicted octanol–water partition coefficient (Wildman–Crippen LogP) is 3.47. The molecule has 0 aliphatic rings. The van der Waals surface area contributed by atoms with Gasteiger partial charge in [0.1, 0.15) is 0 Å². The van der Waals surface area contributed by atoms with Crippen molar-refractivity contribution in [1.29, 1.82) is 0 Å². The summed E-state index contributed by atoms with van der Waals surface area (Å²) >= 11 is 6.45. The fraction of sp³-hybridized carbons (Fsp3) is 0.385. The molecule has 2 rings (SSSR count). The van der Waals surface area contributed by atoms with E-state index >= 15 is 0 Å². The van der Waals surface area contributed by atoms with Gasteiger partial charge in [-0.2, -0.15) is 0 Å². The lowest BCUT2D eigenvalue weighted by atomic mass is 10.4. The van der Waals surface area contributed by atoms with Crippen molar-refractivity contribution in [2.45, 2.75) is 31.8 Å². The second-order valence-corrected chi connectivity index (χ2v) is 9.36. The van der Waals surface area contributed by atoms with Gasteiger partial charge in [0.05, 0.1) is 4.90 Å². The minimum Gasteiger partial charge on any atom is -0.312 e. The van der Waals surface area contributed by atoms with E-state index in [1.165, 1.54) is 22.7 Å². The molecule has 2 aromatic rings. The molecular formula is C13H17BrN2O2S3. The molecule has 8 heteroatoms. The van der Waals surface area contributed by atoms with Crippen LogP contribution in [0.15, 0.2) is 26.9 Å². The summed E-state index contributed by atoms with van der Waals surface area (Å²) in [5.41, 5.74) is 0. The molecule has 2 heterocycles. The summed E-state index contributed by atoms with van der Waals surface area (Å²) in [6.07, 6.45) is 0. The summed E-state index contributed by atoms with van der Waals surface area (Å²) in [4.78, 5) is 3.21. The number of rotatable bonds is 7. The summed E-state index contributed by atoms with van der Waals surface area (Å²) in [7, 11) is -3.47. The SMILES string of the molecule is CCNCc1cc(S(=O)(=O)NCc2sccc2Br)c(C)s1. The second-order valence-electron chi connectivity index (χ2n) is 4.43. The average Bonchev–Trinajstić information content (AvgIpc) is 3.00. The molecule has 0 aliphatic carbocycles. The van der Waals surface area contributed by atoms with Crippen molar-refractivity contribution in [3.63, 3.8) is 0 Å². The van der Waals surface area contributed by atoms with E-state index in [9.17, 15) is 8.42 Å². The molecule has 2 N–H and O–H groups in total. The first kappa shape index (κ1) is 17.1. The van der Waals surface area contributed by atoms with Crippen molar-refractivity contribution in [3.05, 3.63) is 36.6 Å². The van der Waals surface area contributed by atoms with Gasteiger partial charge in [-0.1, -0.05) is 6.92 Å². The molecule has 116 valence electrons. The van der Waals surface area contributed by atoms with Crippen molar-refractivity contribution in [1.82, 2.24) is 10.0 Å². The Morgan fingerprint density at radius 2 is 2.10 bits per heavy atom. The van der Waals surface area contributed by atoms with Crippen LogP contribution in [-0.4, -0.2) is 15.0 Å². The van der Waals surface area contributed by atoms with Crippen molar-refractivity contribution in [2.75, 3.05) is 6.54 Å². The van der Waals surface area contributed by atoms with Crippen LogP contribution in [0.25, 0.3) is 0 Å². The van der Waals surface area contributed by atoms with Gasteiger partial charge in [-0.05, 0) is 46.9 Å². The minimum atomic E-state index is -3.47. The highest BCUT2D eigenvalue weighted by Crippen LogP contribution is 2.27. The third-order valence-corrected chi connectivity index (χ3v) is 7.51. The molecule has 0 bridgehead atoms. The summed E-state index contributed by atoms with van der Waals surface area (Å²) in [6.45, 7) is 5.74. The van der Waals surface area contributed by atoms with Crippen molar-refractivity contribution >= 4 is 48.6 Å². The maximum Gasteiger partial charge on any atom is 0.242 e. The topological polar surface area (TPSA) is 58.2 Å². The van der Waals surface area contributed by atoms with Gasteiger partial charge in [0, 0.05) is 32.2 Å². The zero-order valence-electron chi connectivity index (χ0n) is 11.8. The van der Waals surface area contributed by atoms with Gasteiger partial charge in [0.25, 0.3) is 0 Å². The Hall–Kier alpha value is -0.250. The molecule has 0 saturated heterocycles. The van der Waals surface area contributed by atoms with Gasteiger partial charge in [0.15, 0.2) is 0 Å². The normalized spacial score (nSPS) is 12.0. The van der Waals surface area contributed by atoms with Crippen LogP contribution in [0.4, 0.5) is 0 Å². The van der Waals surface area contributed by atoms with Crippen molar-refractivity contribution in [3.8, 4) is 0 Å². The van der Waals surface area contributed by atoms with Crippen molar-refractivity contribution < 1.29 is 8.42 Å². The first-order valence-corrected chi connectivity index (χ1v) is 10.4. The van der Waals surface area contributed by atoms with E-state index in [2.05, 4.69) is 26.0 Å². The molecule has 0 atom stereocenters. The number of nitrogens with one attached hydrogen (secondary N) is 2. The Morgan fingerprint density at radius 1 is 1.33 bits per heavy atom. The molecule has 0 unspecified atom stereocenters. The van der Waals surface area contributed by atoms with Gasteiger partial charge in [-0.25, -0.2) is 13.1 Å². The van der Waals surface area contributed by atoms with Crippen LogP contribution in [0.1, 0.15) is 21.6 Å². The maximum atomic E-state index is 12.4. The van der Waals surface area contributed by atoms with Crippen LogP contribution in [0, 0.1) is 6.92 Å². The molecule has 0 saturated carbocycles. The number of halogens is 1. The molecule has 21 heavy (non-hydrogen) atoms. The fourth-order valence-electron chi connectivity index (χ4n) is 1.82. The van der Waals surface area contributed by atoms with Crippen LogP contribution >= 0.6 is 38.6 Å². The van der Waals surface area contributed by atoms with E-state index in [1.54, 1.807) is 6.07 Å². The van der Waals surface area contributed by atoms with E-state index < -0.39 is 10.0 Å². The number of thiophene rings is 2. The van der Waals surface area contributed by atoms with Crippen molar-refractivity contribution in [2.24, 2.45) is 0 Å². The van der Waals surface area contributed by atoms with Gasteiger partial charge >= 0.3 is 0 Å². The Balaban J connectivity index is 2.12. The summed E-state index contributed by atoms with van der Waals surface area (Å²) in [6, 6.07) is 3.67. The second kappa shape index (κ2) is 7.34. The maximum absolute atomic E-state index is 12.4. The zero-order chi connectivity index (χ0) is 15.5. The van der Waals surface area contributed by atoms with Crippen LogP contribution in [0.5, 0.6) is 0 Å². The monoisotopic (exact) mass is 408 g/mol. The highest BCUT2D eigenvalue weighted by molar-refractivity contribution is 9.10. The minimum absolute atomic E-state index is 0.304. The van der Waals surface area contributed by atoms with Gasteiger partial charge in [-0.15, -0.1) is 22.7 Å². The molecule has 0 aliphatic heterocycles. The highest BCUT2D eigenvalue weighted by atomic mass is 79.9. The van der Waals surface area contributed by atoms with Gasteiger partial charge in [-0.3, -0.25) is 0 Å². The van der Waals surface area contributed by atoms with Crippen LogP contribution < -0.4 is 10.0 Å². The number of aryl methyl sites for hydroxylation is 1. The Bertz CT molecular complexity index is 707. The fourth-order valence-corrected chi connectivity index (χ4v) is 5.94. The molecule has 0 spiro atoms. The Morgan fingerprint density at radius 3 is 2.71 bits per heavy atom. The summed E-state index contributed by atoms with van der Waals surface area (Å²) < 4.78 is 28.4. The number of hydrogen-bond acceptors (Lipinski definition) is 5. The molecule has 0 aromatic carbocycles. The van der Waals surface area contributed by atoms with Gasteiger partial charge in [0.2, 0.25) is 10.0 Å². The molecular weight excluding hydrogens is 392 g/mol. The number of hydrogen-bond donors (Lipinski definition) is 2. The van der Waals surface area contributed by atoms with Crippen LogP contribution in [0.3, 0.4) is 0 Å². The predicted molar refractivity (Wildman–Crippen MR) is 92.5 cm³/mol. The largest absolute Gasteiger partial charge is 0.312 e. The Labute approximate surface area is 141 Å².